The number of anilines is 1. The van der Waals surface area contributed by atoms with Crippen LogP contribution in [0.2, 0.25) is 0 Å². The fourth-order valence-corrected chi connectivity index (χ4v) is 2.94. The number of methoxy groups -OCH3 is 1. The predicted octanol–water partition coefficient (Wildman–Crippen LogP) is 4.69. The molecule has 0 unspecified atom stereocenters. The minimum absolute atomic E-state index is 0.122. The van der Waals surface area contributed by atoms with Gasteiger partial charge in [0.2, 0.25) is 0 Å². The summed E-state index contributed by atoms with van der Waals surface area (Å²) < 4.78 is 11.1. The Hall–Kier alpha value is -4.64. The maximum atomic E-state index is 12.3. The Morgan fingerprint density at radius 3 is 2.56 bits per heavy atom. The zero-order valence-corrected chi connectivity index (χ0v) is 17.1. The highest BCUT2D eigenvalue weighted by Crippen LogP contribution is 2.34. The van der Waals surface area contributed by atoms with Crippen LogP contribution in [0.15, 0.2) is 72.8 Å². The second kappa shape index (κ2) is 10.4. The first-order valence-electron chi connectivity index (χ1n) is 9.53. The molecule has 0 aliphatic carbocycles. The van der Waals surface area contributed by atoms with Gasteiger partial charge in [-0.05, 0) is 29.8 Å². The largest absolute Gasteiger partial charge is 0.493 e. The molecule has 3 aromatic carbocycles. The maximum absolute atomic E-state index is 12.3. The average Bonchev–Trinajstić information content (AvgIpc) is 2.82. The van der Waals surface area contributed by atoms with Crippen LogP contribution >= 0.6 is 0 Å². The molecule has 0 fully saturated rings. The minimum atomic E-state index is -0.524. The third kappa shape index (κ3) is 5.49. The van der Waals surface area contributed by atoms with Crippen molar-refractivity contribution in [1.82, 2.24) is 0 Å². The van der Waals surface area contributed by atoms with Crippen LogP contribution in [0.25, 0.3) is 11.6 Å². The van der Waals surface area contributed by atoms with Gasteiger partial charge < -0.3 is 14.8 Å². The molecule has 0 bridgehead atoms. The Morgan fingerprint density at radius 2 is 1.88 bits per heavy atom. The van der Waals surface area contributed by atoms with Crippen molar-refractivity contribution in [1.29, 1.82) is 5.26 Å². The number of nitrogens with zero attached hydrogens (tertiary/aromatic N) is 2. The Balaban J connectivity index is 1.88. The topological polar surface area (TPSA) is 114 Å². The van der Waals surface area contributed by atoms with Crippen molar-refractivity contribution in [3.63, 3.8) is 0 Å². The van der Waals surface area contributed by atoms with Gasteiger partial charge in [-0.2, -0.15) is 5.26 Å². The van der Waals surface area contributed by atoms with Gasteiger partial charge in [-0.15, -0.1) is 0 Å². The number of para-hydroxylation sites is 2. The lowest BCUT2D eigenvalue weighted by molar-refractivity contribution is -0.384. The lowest BCUT2D eigenvalue weighted by Gasteiger charge is -2.14. The van der Waals surface area contributed by atoms with Gasteiger partial charge in [-0.1, -0.05) is 42.5 Å². The summed E-state index contributed by atoms with van der Waals surface area (Å²) in [7, 11) is 1.46. The number of nitriles is 1. The SMILES string of the molecule is COc1cccc(C=C(C#N)c2cccc([N+](=O)[O-])c2)c1OCC(=O)Nc1ccccc1. The molecule has 0 aliphatic rings. The molecule has 0 spiro atoms. The summed E-state index contributed by atoms with van der Waals surface area (Å²) in [6.07, 6.45) is 1.53. The van der Waals surface area contributed by atoms with Crippen LogP contribution in [0, 0.1) is 21.4 Å². The molecule has 0 atom stereocenters. The van der Waals surface area contributed by atoms with E-state index in [-0.39, 0.29) is 29.5 Å². The number of benzene rings is 3. The summed E-state index contributed by atoms with van der Waals surface area (Å²) in [5.41, 5.74) is 1.58. The quantitative estimate of drug-likeness (QED) is 0.241. The van der Waals surface area contributed by atoms with E-state index in [1.54, 1.807) is 48.5 Å². The molecule has 8 heteroatoms. The van der Waals surface area contributed by atoms with Gasteiger partial charge in [0.05, 0.1) is 23.7 Å². The third-order valence-electron chi connectivity index (χ3n) is 4.42. The molecule has 1 N–H and O–H groups in total. The molecule has 32 heavy (non-hydrogen) atoms. The van der Waals surface area contributed by atoms with E-state index in [9.17, 15) is 20.2 Å². The zero-order chi connectivity index (χ0) is 22.9. The van der Waals surface area contributed by atoms with Crippen molar-refractivity contribution in [2.75, 3.05) is 19.0 Å². The third-order valence-corrected chi connectivity index (χ3v) is 4.42. The van der Waals surface area contributed by atoms with Crippen molar-refractivity contribution >= 4 is 28.9 Å². The molecule has 0 heterocycles. The summed E-state index contributed by atoms with van der Waals surface area (Å²) in [6.45, 7) is -0.283. The van der Waals surface area contributed by atoms with E-state index in [4.69, 9.17) is 9.47 Å². The molecule has 8 nitrogen and oxygen atoms in total. The second-order valence-corrected chi connectivity index (χ2v) is 6.56. The van der Waals surface area contributed by atoms with Crippen molar-refractivity contribution < 1.29 is 19.2 Å². The van der Waals surface area contributed by atoms with Gasteiger partial charge >= 0.3 is 0 Å². The standard InChI is InChI=1S/C24H19N3O5/c1-31-22-12-6-8-18(13-19(15-25)17-7-5-11-21(14-17)27(29)30)24(22)32-16-23(28)26-20-9-3-2-4-10-20/h2-14H,16H2,1H3,(H,26,28). The Kier molecular flexibility index (Phi) is 7.17. The summed E-state index contributed by atoms with van der Waals surface area (Å²) in [5.74, 6) is 0.287. The highest BCUT2D eigenvalue weighted by molar-refractivity contribution is 5.93. The number of rotatable bonds is 8. The van der Waals surface area contributed by atoms with Gasteiger partial charge in [-0.25, -0.2) is 0 Å². The fraction of sp³-hybridized carbons (Fsp3) is 0.0833. The molecule has 0 aliphatic heterocycles. The van der Waals surface area contributed by atoms with E-state index in [2.05, 4.69) is 11.4 Å². The number of hydrogen-bond donors (Lipinski definition) is 1. The summed E-state index contributed by atoms with van der Waals surface area (Å²) >= 11 is 0. The Morgan fingerprint density at radius 1 is 1.12 bits per heavy atom. The van der Waals surface area contributed by atoms with E-state index in [0.717, 1.165) is 0 Å². The first kappa shape index (κ1) is 22.1. The van der Waals surface area contributed by atoms with Crippen LogP contribution in [0.5, 0.6) is 11.5 Å². The minimum Gasteiger partial charge on any atom is -0.493 e. The Labute approximate surface area is 184 Å². The number of nitrogens with one attached hydrogen (secondary N) is 1. The molecular formula is C24H19N3O5. The van der Waals surface area contributed by atoms with E-state index in [1.165, 1.54) is 31.4 Å². The van der Waals surface area contributed by atoms with E-state index in [0.29, 0.717) is 22.6 Å². The normalized spacial score (nSPS) is 10.7. The molecular weight excluding hydrogens is 410 g/mol. The molecule has 3 aromatic rings. The number of amides is 1. The highest BCUT2D eigenvalue weighted by atomic mass is 16.6. The molecule has 0 saturated heterocycles. The average molecular weight is 429 g/mol. The predicted molar refractivity (Wildman–Crippen MR) is 120 cm³/mol. The number of hydrogen-bond acceptors (Lipinski definition) is 6. The monoisotopic (exact) mass is 429 g/mol. The van der Waals surface area contributed by atoms with E-state index in [1.807, 2.05) is 6.07 Å². The van der Waals surface area contributed by atoms with Crippen LogP contribution in [0.1, 0.15) is 11.1 Å². The summed E-state index contributed by atoms with van der Waals surface area (Å²) in [5, 5.41) is 23.4. The number of ether oxygens (including phenoxy) is 2. The molecule has 3 rings (SSSR count). The summed E-state index contributed by atoms with van der Waals surface area (Å²) in [6, 6.07) is 21.9. The van der Waals surface area contributed by atoms with Gasteiger partial charge in [0.25, 0.3) is 11.6 Å². The van der Waals surface area contributed by atoms with Crippen molar-refractivity contribution in [3.05, 3.63) is 94.0 Å². The lowest BCUT2D eigenvalue weighted by atomic mass is 10.0. The number of carbonyl (C=O) groups is 1. The van der Waals surface area contributed by atoms with Crippen molar-refractivity contribution in [2.24, 2.45) is 0 Å². The van der Waals surface area contributed by atoms with Crippen LogP contribution in [0.4, 0.5) is 11.4 Å². The number of carbonyl (C=O) groups excluding carboxylic acids is 1. The molecule has 0 saturated carbocycles. The molecule has 1 amide bonds. The van der Waals surface area contributed by atoms with Crippen LogP contribution in [0.3, 0.4) is 0 Å². The smallest absolute Gasteiger partial charge is 0.270 e. The van der Waals surface area contributed by atoms with Gasteiger partial charge in [0, 0.05) is 23.4 Å². The van der Waals surface area contributed by atoms with Crippen molar-refractivity contribution in [2.45, 2.75) is 0 Å². The highest BCUT2D eigenvalue weighted by Gasteiger charge is 2.14. The second-order valence-electron chi connectivity index (χ2n) is 6.56. The first-order valence-corrected chi connectivity index (χ1v) is 9.53. The summed E-state index contributed by atoms with van der Waals surface area (Å²) in [4.78, 5) is 22.8. The zero-order valence-electron chi connectivity index (χ0n) is 17.1. The molecule has 0 radical (unpaired) electrons. The van der Waals surface area contributed by atoms with Gasteiger partial charge in [-0.3, -0.25) is 14.9 Å². The van der Waals surface area contributed by atoms with Crippen LogP contribution in [-0.4, -0.2) is 24.5 Å². The number of nitro benzene ring substituents is 1. The fourth-order valence-electron chi connectivity index (χ4n) is 2.94. The van der Waals surface area contributed by atoms with Gasteiger partial charge in [0.1, 0.15) is 0 Å². The number of non-ortho nitro benzene ring substituents is 1. The lowest BCUT2D eigenvalue weighted by Crippen LogP contribution is -2.20. The van der Waals surface area contributed by atoms with Crippen molar-refractivity contribution in [3.8, 4) is 17.6 Å². The molecule has 0 aromatic heterocycles. The van der Waals surface area contributed by atoms with Crippen LogP contribution < -0.4 is 14.8 Å². The van der Waals surface area contributed by atoms with Crippen LogP contribution in [-0.2, 0) is 4.79 Å². The number of nitro groups is 1. The Bertz CT molecular complexity index is 1200. The van der Waals surface area contributed by atoms with E-state index >= 15 is 0 Å². The maximum Gasteiger partial charge on any atom is 0.270 e. The first-order chi connectivity index (χ1) is 15.5. The molecule has 160 valence electrons. The van der Waals surface area contributed by atoms with Gasteiger partial charge in [0.15, 0.2) is 18.1 Å². The van der Waals surface area contributed by atoms with E-state index < -0.39 is 4.92 Å². The number of allylic oxidation sites excluding steroid dienone is 1.